The minimum absolute atomic E-state index is 0. The topological polar surface area (TPSA) is 26.0 Å². The van der Waals surface area contributed by atoms with E-state index in [1.165, 1.54) is 12.1 Å². The number of alkyl halides is 3. The summed E-state index contributed by atoms with van der Waals surface area (Å²) in [7, 11) is 0. The predicted molar refractivity (Wildman–Crippen MR) is 60.6 cm³/mol. The van der Waals surface area contributed by atoms with E-state index in [9.17, 15) is 17.6 Å². The van der Waals surface area contributed by atoms with Crippen LogP contribution >= 0.6 is 12.4 Å². The molecule has 0 saturated carbocycles. The molecule has 0 heterocycles. The fourth-order valence-corrected chi connectivity index (χ4v) is 1.28. The minimum atomic E-state index is -4.38. The lowest BCUT2D eigenvalue weighted by molar-refractivity contribution is -0.137. The van der Waals surface area contributed by atoms with Gasteiger partial charge in [-0.3, -0.25) is 0 Å². The lowest BCUT2D eigenvalue weighted by Crippen LogP contribution is -2.08. The third-order valence-electron chi connectivity index (χ3n) is 2.10. The van der Waals surface area contributed by atoms with Gasteiger partial charge in [0.2, 0.25) is 0 Å². The van der Waals surface area contributed by atoms with Gasteiger partial charge in [0.05, 0.1) is 11.9 Å². The molecular weight excluding hydrogens is 258 g/mol. The summed E-state index contributed by atoms with van der Waals surface area (Å²) in [5.74, 6) is 0. The summed E-state index contributed by atoms with van der Waals surface area (Å²) >= 11 is 0. The first kappa shape index (κ1) is 15.9. The second kappa shape index (κ2) is 6.61. The summed E-state index contributed by atoms with van der Waals surface area (Å²) < 4.78 is 49.3. The maximum absolute atomic E-state index is 12.4. The van der Waals surface area contributed by atoms with Gasteiger partial charge in [-0.25, -0.2) is 4.39 Å². The Morgan fingerprint density at radius 3 is 2.41 bits per heavy atom. The molecule has 1 rings (SSSR count). The lowest BCUT2D eigenvalue weighted by Gasteiger charge is -2.09. The van der Waals surface area contributed by atoms with E-state index in [-0.39, 0.29) is 30.9 Å². The Kier molecular flexibility index (Phi) is 6.20. The minimum Gasteiger partial charge on any atom is -0.327 e. The second-order valence-corrected chi connectivity index (χ2v) is 3.35. The molecule has 0 aliphatic heterocycles. The van der Waals surface area contributed by atoms with E-state index in [1.807, 2.05) is 0 Å². The number of nitrogens with two attached hydrogens (primary N) is 1. The molecule has 0 aromatic heterocycles. The molecule has 0 fully saturated rings. The average Bonchev–Trinajstić information content (AvgIpc) is 2.25. The van der Waals surface area contributed by atoms with Crippen LogP contribution in [-0.2, 0) is 12.6 Å². The van der Waals surface area contributed by atoms with Crippen LogP contribution in [0, 0.1) is 0 Å². The van der Waals surface area contributed by atoms with E-state index in [4.69, 9.17) is 5.73 Å². The highest BCUT2D eigenvalue weighted by atomic mass is 35.5. The molecule has 1 aromatic carbocycles. The molecule has 0 amide bonds. The zero-order chi connectivity index (χ0) is 12.2. The zero-order valence-electron chi connectivity index (χ0n) is 8.80. The first-order valence-electron chi connectivity index (χ1n) is 4.61. The van der Waals surface area contributed by atoms with Crippen LogP contribution in [0.15, 0.2) is 36.2 Å². The van der Waals surface area contributed by atoms with Crippen molar-refractivity contribution in [2.24, 2.45) is 5.73 Å². The third kappa shape index (κ3) is 4.75. The van der Waals surface area contributed by atoms with E-state index in [2.05, 4.69) is 0 Å². The van der Waals surface area contributed by atoms with Gasteiger partial charge in [0.1, 0.15) is 0 Å². The fourth-order valence-electron chi connectivity index (χ4n) is 1.28. The number of rotatable bonds is 3. The Morgan fingerprint density at radius 1 is 1.29 bits per heavy atom. The van der Waals surface area contributed by atoms with Crippen LogP contribution in [0.5, 0.6) is 0 Å². The van der Waals surface area contributed by atoms with Crippen LogP contribution in [0.25, 0.3) is 0 Å². The summed E-state index contributed by atoms with van der Waals surface area (Å²) in [4.78, 5) is 0. The number of halogens is 5. The van der Waals surface area contributed by atoms with Crippen LogP contribution in [0.4, 0.5) is 17.6 Å². The molecule has 0 bridgehead atoms. The van der Waals surface area contributed by atoms with E-state index in [0.717, 1.165) is 12.1 Å². The molecule has 0 aliphatic rings. The van der Waals surface area contributed by atoms with Crippen molar-refractivity contribution in [3.8, 4) is 0 Å². The van der Waals surface area contributed by atoms with Crippen LogP contribution in [0.1, 0.15) is 11.1 Å². The Balaban J connectivity index is 0.00000256. The summed E-state index contributed by atoms with van der Waals surface area (Å²) in [5, 5.41) is 0. The SMILES string of the molecule is Cl.NC/C(=C\F)Cc1cccc(C(F)(F)F)c1. The highest BCUT2D eigenvalue weighted by Crippen LogP contribution is 2.29. The van der Waals surface area contributed by atoms with E-state index < -0.39 is 11.7 Å². The highest BCUT2D eigenvalue weighted by Gasteiger charge is 2.30. The first-order valence-corrected chi connectivity index (χ1v) is 4.61. The summed E-state index contributed by atoms with van der Waals surface area (Å²) in [6.45, 7) is -0.00720. The monoisotopic (exact) mass is 269 g/mol. The van der Waals surface area contributed by atoms with Gasteiger partial charge in [-0.2, -0.15) is 13.2 Å². The van der Waals surface area contributed by atoms with Crippen LogP contribution < -0.4 is 5.73 Å². The maximum Gasteiger partial charge on any atom is 0.416 e. The van der Waals surface area contributed by atoms with Gasteiger partial charge >= 0.3 is 6.18 Å². The molecule has 1 aromatic rings. The average molecular weight is 270 g/mol. The van der Waals surface area contributed by atoms with Gasteiger partial charge in [0.15, 0.2) is 0 Å². The first-order chi connectivity index (χ1) is 7.47. The molecule has 0 radical (unpaired) electrons. The van der Waals surface area contributed by atoms with Crippen molar-refractivity contribution in [3.63, 3.8) is 0 Å². The van der Waals surface area contributed by atoms with Crippen LogP contribution in [0.3, 0.4) is 0 Å². The van der Waals surface area contributed by atoms with Crippen molar-refractivity contribution in [3.05, 3.63) is 47.3 Å². The van der Waals surface area contributed by atoms with Crippen molar-refractivity contribution in [1.29, 1.82) is 0 Å². The van der Waals surface area contributed by atoms with Gasteiger partial charge in [0.25, 0.3) is 0 Å². The van der Waals surface area contributed by atoms with Gasteiger partial charge < -0.3 is 5.73 Å². The largest absolute Gasteiger partial charge is 0.416 e. The smallest absolute Gasteiger partial charge is 0.327 e. The molecular formula is C11H12ClF4N. The van der Waals surface area contributed by atoms with Gasteiger partial charge in [-0.1, -0.05) is 18.2 Å². The van der Waals surface area contributed by atoms with Crippen molar-refractivity contribution < 1.29 is 17.6 Å². The van der Waals surface area contributed by atoms with Crippen molar-refractivity contribution in [1.82, 2.24) is 0 Å². The third-order valence-corrected chi connectivity index (χ3v) is 2.10. The zero-order valence-corrected chi connectivity index (χ0v) is 9.61. The molecule has 96 valence electrons. The van der Waals surface area contributed by atoms with E-state index in [0.29, 0.717) is 11.9 Å². The van der Waals surface area contributed by atoms with Crippen molar-refractivity contribution >= 4 is 12.4 Å². The Labute approximate surface area is 103 Å². The molecule has 0 aliphatic carbocycles. The molecule has 1 nitrogen and oxygen atoms in total. The highest BCUT2D eigenvalue weighted by molar-refractivity contribution is 5.85. The molecule has 17 heavy (non-hydrogen) atoms. The van der Waals surface area contributed by atoms with Crippen molar-refractivity contribution in [2.75, 3.05) is 6.54 Å². The second-order valence-electron chi connectivity index (χ2n) is 3.35. The fraction of sp³-hybridized carbons (Fsp3) is 0.273. The number of hydrogen-bond donors (Lipinski definition) is 1. The Morgan fingerprint density at radius 2 is 1.94 bits per heavy atom. The van der Waals surface area contributed by atoms with Gasteiger partial charge in [0, 0.05) is 6.54 Å². The summed E-state index contributed by atoms with van der Waals surface area (Å²) in [6.07, 6.45) is -3.95. The standard InChI is InChI=1S/C11H11F4N.ClH/c12-6-9(7-16)4-8-2-1-3-10(5-8)11(13,14)15;/h1-3,5-6H,4,7,16H2;1H/b9-6-;. The molecule has 2 N–H and O–H groups in total. The number of benzene rings is 1. The Bertz CT molecular complexity index is 387. The molecule has 6 heteroatoms. The van der Waals surface area contributed by atoms with Crippen molar-refractivity contribution in [2.45, 2.75) is 12.6 Å². The van der Waals surface area contributed by atoms with Crippen LogP contribution in [0.2, 0.25) is 0 Å². The molecule has 0 spiro atoms. The number of hydrogen-bond acceptors (Lipinski definition) is 1. The predicted octanol–water partition coefficient (Wildman–Crippen LogP) is 3.48. The lowest BCUT2D eigenvalue weighted by atomic mass is 10.0. The maximum atomic E-state index is 12.4. The normalized spacial score (nSPS) is 12.2. The van der Waals surface area contributed by atoms with E-state index >= 15 is 0 Å². The quantitative estimate of drug-likeness (QED) is 0.836. The summed E-state index contributed by atoms with van der Waals surface area (Å²) in [5.41, 5.74) is 5.14. The van der Waals surface area contributed by atoms with E-state index in [1.54, 1.807) is 0 Å². The molecule has 0 saturated heterocycles. The summed E-state index contributed by atoms with van der Waals surface area (Å²) in [6, 6.07) is 4.78. The molecule has 0 atom stereocenters. The van der Waals surface area contributed by atoms with Gasteiger partial charge in [-0.05, 0) is 23.6 Å². The Hall–Kier alpha value is -1.07. The molecule has 0 unspecified atom stereocenters. The van der Waals surface area contributed by atoms with Gasteiger partial charge in [-0.15, -0.1) is 12.4 Å². The van der Waals surface area contributed by atoms with Crippen LogP contribution in [-0.4, -0.2) is 6.54 Å².